The molecule has 1 nitrogen and oxygen atoms in total. The van der Waals surface area contributed by atoms with Crippen LogP contribution in [-0.2, 0) is 0 Å². The van der Waals surface area contributed by atoms with E-state index < -0.39 is 0 Å². The maximum atomic E-state index is 9.25. The van der Waals surface area contributed by atoms with Crippen molar-refractivity contribution in [3.8, 4) is 0 Å². The molecule has 4 rings (SSSR count). The Kier molecular flexibility index (Phi) is 5.02. The minimum absolute atomic E-state index is 0.377. The zero-order valence-corrected chi connectivity index (χ0v) is 17.1. The van der Waals surface area contributed by atoms with Crippen LogP contribution in [0.4, 0.5) is 0 Å². The van der Waals surface area contributed by atoms with Crippen molar-refractivity contribution in [1.82, 2.24) is 0 Å². The zero-order valence-electron chi connectivity index (χ0n) is 17.1. The number of aliphatic hydroxyl groups excluding tert-OH is 1. The molecule has 4 aliphatic carbocycles. The summed E-state index contributed by atoms with van der Waals surface area (Å²) in [6.07, 6.45) is 17.4. The van der Waals surface area contributed by atoms with E-state index in [2.05, 4.69) is 20.8 Å². The van der Waals surface area contributed by atoms with Crippen LogP contribution in [0.25, 0.3) is 0 Å². The molecule has 0 aliphatic heterocycles. The number of fused-ring (bicyclic) bond motifs is 5. The Hall–Kier alpha value is -0.0400. The van der Waals surface area contributed by atoms with Gasteiger partial charge in [0, 0.05) is 6.61 Å². The largest absolute Gasteiger partial charge is 0.396 e. The standard InChI is InChI=1S/C24H42O/c1-17(7-6-16-25)20-11-12-21-19-10-9-18-8-4-5-14-23(18,2)22(19)13-15-24(20,21)3/h17-22,25H,4-16H2,1-3H3/t17-,18+,19+,20-,21-,22+,23-,24+/m0/s1. The van der Waals surface area contributed by atoms with E-state index >= 15 is 0 Å². The van der Waals surface area contributed by atoms with Crippen LogP contribution < -0.4 is 0 Å². The molecule has 144 valence electrons. The quantitative estimate of drug-likeness (QED) is 0.620. The first kappa shape index (κ1) is 18.3. The fourth-order valence-electron chi connectivity index (χ4n) is 8.88. The lowest BCUT2D eigenvalue weighted by Crippen LogP contribution is -2.53. The number of hydrogen-bond acceptors (Lipinski definition) is 1. The van der Waals surface area contributed by atoms with Gasteiger partial charge in [-0.25, -0.2) is 0 Å². The maximum Gasteiger partial charge on any atom is 0.0431 e. The summed E-state index contributed by atoms with van der Waals surface area (Å²) in [5.74, 6) is 5.85. The molecule has 0 unspecified atom stereocenters. The molecule has 0 amide bonds. The van der Waals surface area contributed by atoms with Gasteiger partial charge in [0.1, 0.15) is 0 Å². The van der Waals surface area contributed by atoms with Gasteiger partial charge in [0.25, 0.3) is 0 Å². The minimum atomic E-state index is 0.377. The summed E-state index contributed by atoms with van der Waals surface area (Å²) >= 11 is 0. The second-order valence-corrected chi connectivity index (χ2v) is 11.0. The Morgan fingerprint density at radius 1 is 0.880 bits per heavy atom. The Morgan fingerprint density at radius 3 is 2.48 bits per heavy atom. The molecule has 1 N–H and O–H groups in total. The topological polar surface area (TPSA) is 20.2 Å². The zero-order chi connectivity index (χ0) is 17.7. The Labute approximate surface area is 156 Å². The van der Waals surface area contributed by atoms with Gasteiger partial charge in [-0.3, -0.25) is 0 Å². The number of aliphatic hydroxyl groups is 1. The highest BCUT2D eigenvalue weighted by Gasteiger charge is 2.59. The molecule has 4 fully saturated rings. The molecule has 0 radical (unpaired) electrons. The molecule has 1 heteroatoms. The van der Waals surface area contributed by atoms with E-state index in [4.69, 9.17) is 0 Å². The Bertz CT molecular complexity index is 473. The van der Waals surface area contributed by atoms with E-state index in [0.717, 1.165) is 41.9 Å². The maximum absolute atomic E-state index is 9.25. The van der Waals surface area contributed by atoms with Crippen molar-refractivity contribution >= 4 is 0 Å². The summed E-state index contributed by atoms with van der Waals surface area (Å²) < 4.78 is 0. The van der Waals surface area contributed by atoms with Crippen LogP contribution in [-0.4, -0.2) is 11.7 Å². The van der Waals surface area contributed by atoms with Gasteiger partial charge in [0.2, 0.25) is 0 Å². The van der Waals surface area contributed by atoms with Crippen LogP contribution in [0.5, 0.6) is 0 Å². The summed E-state index contributed by atoms with van der Waals surface area (Å²) in [7, 11) is 0. The van der Waals surface area contributed by atoms with Crippen molar-refractivity contribution in [2.75, 3.05) is 6.61 Å². The number of rotatable bonds is 4. The van der Waals surface area contributed by atoms with Crippen LogP contribution in [0.2, 0.25) is 0 Å². The molecule has 0 spiro atoms. The molecule has 8 atom stereocenters. The first-order valence-corrected chi connectivity index (χ1v) is 11.6. The lowest BCUT2D eigenvalue weighted by molar-refractivity contribution is -0.114. The third-order valence-corrected chi connectivity index (χ3v) is 10.2. The molecular weight excluding hydrogens is 304 g/mol. The first-order valence-electron chi connectivity index (χ1n) is 11.6. The Balaban J connectivity index is 1.53. The molecule has 0 saturated heterocycles. The lowest BCUT2D eigenvalue weighted by Gasteiger charge is -2.61. The van der Waals surface area contributed by atoms with Gasteiger partial charge in [-0.15, -0.1) is 0 Å². The predicted octanol–water partition coefficient (Wildman–Crippen LogP) is 6.44. The second-order valence-electron chi connectivity index (χ2n) is 11.0. The van der Waals surface area contributed by atoms with Gasteiger partial charge >= 0.3 is 0 Å². The van der Waals surface area contributed by atoms with E-state index in [1.54, 1.807) is 6.42 Å². The average Bonchev–Trinajstić information content (AvgIpc) is 2.96. The van der Waals surface area contributed by atoms with Crippen LogP contribution in [0.15, 0.2) is 0 Å². The van der Waals surface area contributed by atoms with Crippen LogP contribution in [0, 0.1) is 46.3 Å². The van der Waals surface area contributed by atoms with Gasteiger partial charge in [-0.2, -0.15) is 0 Å². The summed E-state index contributed by atoms with van der Waals surface area (Å²) in [6, 6.07) is 0. The molecule has 25 heavy (non-hydrogen) atoms. The fourth-order valence-corrected chi connectivity index (χ4v) is 8.88. The van der Waals surface area contributed by atoms with E-state index in [0.29, 0.717) is 17.4 Å². The molecule has 0 heterocycles. The highest BCUT2D eigenvalue weighted by atomic mass is 16.2. The summed E-state index contributed by atoms with van der Waals surface area (Å²) in [5, 5.41) is 9.25. The minimum Gasteiger partial charge on any atom is -0.396 e. The van der Waals surface area contributed by atoms with E-state index in [1.807, 2.05) is 0 Å². The average molecular weight is 347 g/mol. The molecule has 0 aromatic rings. The van der Waals surface area contributed by atoms with E-state index in [-0.39, 0.29) is 0 Å². The third kappa shape index (κ3) is 2.82. The Morgan fingerprint density at radius 2 is 1.68 bits per heavy atom. The highest BCUT2D eigenvalue weighted by Crippen LogP contribution is 2.68. The number of hydrogen-bond donors (Lipinski definition) is 1. The van der Waals surface area contributed by atoms with Gasteiger partial charge in [-0.1, -0.05) is 33.6 Å². The van der Waals surface area contributed by atoms with Crippen molar-refractivity contribution in [1.29, 1.82) is 0 Å². The lowest BCUT2D eigenvalue weighted by atomic mass is 9.44. The second kappa shape index (κ2) is 6.84. The predicted molar refractivity (Wildman–Crippen MR) is 105 cm³/mol. The van der Waals surface area contributed by atoms with Crippen LogP contribution >= 0.6 is 0 Å². The molecule has 0 aromatic heterocycles. The summed E-state index contributed by atoms with van der Waals surface area (Å²) in [6.45, 7) is 8.24. The molecular formula is C24H42O. The SMILES string of the molecule is C[C@@H](CCCO)[C@@H]1CC[C@H]2[C@H]3CC[C@H]4CCCC[C@]4(C)[C@@H]3CC[C@@]21C. The first-order chi connectivity index (χ1) is 12.0. The van der Waals surface area contributed by atoms with Crippen molar-refractivity contribution in [2.24, 2.45) is 46.3 Å². The summed E-state index contributed by atoms with van der Waals surface area (Å²) in [4.78, 5) is 0. The van der Waals surface area contributed by atoms with E-state index in [9.17, 15) is 5.11 Å². The third-order valence-electron chi connectivity index (χ3n) is 10.2. The summed E-state index contributed by atoms with van der Waals surface area (Å²) in [5.41, 5.74) is 1.29. The smallest absolute Gasteiger partial charge is 0.0431 e. The fraction of sp³-hybridized carbons (Fsp3) is 1.00. The van der Waals surface area contributed by atoms with Crippen LogP contribution in [0.3, 0.4) is 0 Å². The van der Waals surface area contributed by atoms with Crippen LogP contribution in [0.1, 0.15) is 97.8 Å². The van der Waals surface area contributed by atoms with Crippen molar-refractivity contribution in [3.05, 3.63) is 0 Å². The molecule has 0 bridgehead atoms. The van der Waals surface area contributed by atoms with Gasteiger partial charge < -0.3 is 5.11 Å². The van der Waals surface area contributed by atoms with Crippen molar-refractivity contribution < 1.29 is 5.11 Å². The van der Waals surface area contributed by atoms with Crippen molar-refractivity contribution in [3.63, 3.8) is 0 Å². The monoisotopic (exact) mass is 346 g/mol. The highest BCUT2D eigenvalue weighted by molar-refractivity contribution is 5.09. The van der Waals surface area contributed by atoms with Gasteiger partial charge in [0.05, 0.1) is 0 Å². The normalized spacial score (nSPS) is 50.6. The van der Waals surface area contributed by atoms with Crippen molar-refractivity contribution in [2.45, 2.75) is 97.8 Å². The molecule has 4 saturated carbocycles. The van der Waals surface area contributed by atoms with E-state index in [1.165, 1.54) is 64.2 Å². The van der Waals surface area contributed by atoms with Gasteiger partial charge in [0.15, 0.2) is 0 Å². The van der Waals surface area contributed by atoms with Gasteiger partial charge in [-0.05, 0) is 111 Å². The molecule has 0 aromatic carbocycles. The molecule has 4 aliphatic rings.